The summed E-state index contributed by atoms with van der Waals surface area (Å²) < 4.78 is 39.0. The molecule has 2 nitrogen and oxygen atoms in total. The predicted molar refractivity (Wildman–Crippen MR) is 44.2 cm³/mol. The molecule has 0 atom stereocenters. The van der Waals surface area contributed by atoms with E-state index in [-0.39, 0.29) is 5.56 Å². The predicted octanol–water partition coefficient (Wildman–Crippen LogP) is 1.71. The summed E-state index contributed by atoms with van der Waals surface area (Å²) in [4.78, 5) is 10.4. The van der Waals surface area contributed by atoms with Crippen LogP contribution < -0.4 is 5.73 Å². The summed E-state index contributed by atoms with van der Waals surface area (Å²) >= 11 is 0. The van der Waals surface area contributed by atoms with Crippen LogP contribution in [-0.4, -0.2) is 5.91 Å². The highest BCUT2D eigenvalue weighted by Crippen LogP contribution is 2.30. The Morgan fingerprint density at radius 1 is 1.43 bits per heavy atom. The lowest BCUT2D eigenvalue weighted by Gasteiger charge is -2.15. The van der Waals surface area contributed by atoms with E-state index in [0.717, 1.165) is 18.2 Å². The lowest BCUT2D eigenvalue weighted by Crippen LogP contribution is -2.33. The molecule has 5 heteroatoms. The van der Waals surface area contributed by atoms with E-state index < -0.39 is 23.2 Å². The van der Waals surface area contributed by atoms with Crippen LogP contribution in [0.1, 0.15) is 11.1 Å². The molecule has 0 heterocycles. The van der Waals surface area contributed by atoms with E-state index in [9.17, 15) is 18.0 Å². The van der Waals surface area contributed by atoms with Crippen LogP contribution in [0.2, 0.25) is 0 Å². The Morgan fingerprint density at radius 3 is 2.50 bits per heavy atom. The van der Waals surface area contributed by atoms with Crippen molar-refractivity contribution in [3.8, 4) is 0 Å². The van der Waals surface area contributed by atoms with Gasteiger partial charge in [-0.05, 0) is 18.6 Å². The van der Waals surface area contributed by atoms with Crippen molar-refractivity contribution in [3.63, 3.8) is 0 Å². The van der Waals surface area contributed by atoms with Crippen LogP contribution in [-0.2, 0) is 10.7 Å². The monoisotopic (exact) mass is 203 g/mol. The molecule has 0 aliphatic rings. The topological polar surface area (TPSA) is 43.1 Å². The first-order valence-electron chi connectivity index (χ1n) is 3.80. The van der Waals surface area contributed by atoms with Gasteiger partial charge in [-0.1, -0.05) is 12.1 Å². The molecule has 0 saturated carbocycles. The third-order valence-corrected chi connectivity index (χ3v) is 1.92. The van der Waals surface area contributed by atoms with Crippen molar-refractivity contribution < 1.29 is 18.0 Å². The van der Waals surface area contributed by atoms with E-state index in [4.69, 9.17) is 0 Å². The number of nitrogens with two attached hydrogens (primary N) is 1. The Labute approximate surface area is 78.5 Å². The third-order valence-electron chi connectivity index (χ3n) is 1.92. The number of carbonyl (C=O) groups excluding carboxylic acids is 1. The second-order valence-electron chi connectivity index (χ2n) is 2.85. The number of rotatable bonds is 2. The average molecular weight is 203 g/mol. The van der Waals surface area contributed by atoms with Crippen molar-refractivity contribution >= 4 is 5.91 Å². The molecular weight excluding hydrogens is 195 g/mol. The fourth-order valence-corrected chi connectivity index (χ4v) is 1.08. The van der Waals surface area contributed by atoms with Crippen LogP contribution in [0.15, 0.2) is 18.2 Å². The van der Waals surface area contributed by atoms with Gasteiger partial charge in [-0.15, -0.1) is 0 Å². The first-order valence-corrected chi connectivity index (χ1v) is 3.80. The summed E-state index contributed by atoms with van der Waals surface area (Å²) in [5.41, 5.74) is 3.55. The standard InChI is InChI=1S/C9H8F3NO/c1-5-6(3-2-4-7(5)10)9(11,12)8(13)14/h2-4H,1H3,(H2,13,14). The van der Waals surface area contributed by atoms with Gasteiger partial charge < -0.3 is 5.73 Å². The highest BCUT2D eigenvalue weighted by Gasteiger charge is 2.40. The van der Waals surface area contributed by atoms with Gasteiger partial charge in [-0.2, -0.15) is 8.78 Å². The van der Waals surface area contributed by atoms with Crippen molar-refractivity contribution in [3.05, 3.63) is 35.1 Å². The van der Waals surface area contributed by atoms with Gasteiger partial charge >= 0.3 is 5.92 Å². The van der Waals surface area contributed by atoms with Gasteiger partial charge in [0.2, 0.25) is 0 Å². The Morgan fingerprint density at radius 2 is 2.00 bits per heavy atom. The van der Waals surface area contributed by atoms with E-state index >= 15 is 0 Å². The molecule has 14 heavy (non-hydrogen) atoms. The summed E-state index contributed by atoms with van der Waals surface area (Å²) in [7, 11) is 0. The van der Waals surface area contributed by atoms with Crippen molar-refractivity contribution in [1.29, 1.82) is 0 Å². The molecule has 0 saturated heterocycles. The molecule has 1 amide bonds. The van der Waals surface area contributed by atoms with Gasteiger partial charge in [0.1, 0.15) is 5.82 Å². The Bertz CT molecular complexity index is 376. The smallest absolute Gasteiger partial charge is 0.349 e. The molecule has 0 fully saturated rings. The minimum atomic E-state index is -3.83. The van der Waals surface area contributed by atoms with Crippen LogP contribution >= 0.6 is 0 Å². The number of alkyl halides is 2. The largest absolute Gasteiger partial charge is 0.364 e. The zero-order valence-electron chi connectivity index (χ0n) is 7.35. The van der Waals surface area contributed by atoms with E-state index in [2.05, 4.69) is 5.73 Å². The molecule has 0 aliphatic heterocycles. The second kappa shape index (κ2) is 3.32. The molecule has 76 valence electrons. The Balaban J connectivity index is 3.33. The molecule has 1 aromatic carbocycles. The number of benzene rings is 1. The summed E-state index contributed by atoms with van der Waals surface area (Å²) in [6, 6.07) is 3.12. The van der Waals surface area contributed by atoms with Gasteiger partial charge in [0.15, 0.2) is 0 Å². The van der Waals surface area contributed by atoms with Gasteiger partial charge in [0.25, 0.3) is 5.91 Å². The lowest BCUT2D eigenvalue weighted by molar-refractivity contribution is -0.143. The highest BCUT2D eigenvalue weighted by atomic mass is 19.3. The maximum atomic E-state index is 13.1. The van der Waals surface area contributed by atoms with E-state index in [1.54, 1.807) is 0 Å². The molecule has 0 radical (unpaired) electrons. The molecule has 1 rings (SSSR count). The van der Waals surface area contributed by atoms with E-state index in [1.165, 1.54) is 6.92 Å². The molecule has 0 unspecified atom stereocenters. The quantitative estimate of drug-likeness (QED) is 0.781. The Kier molecular flexibility index (Phi) is 2.51. The van der Waals surface area contributed by atoms with Gasteiger partial charge in [-0.3, -0.25) is 4.79 Å². The van der Waals surface area contributed by atoms with Crippen LogP contribution in [0.4, 0.5) is 13.2 Å². The maximum absolute atomic E-state index is 13.1. The highest BCUT2D eigenvalue weighted by molar-refractivity contribution is 5.83. The number of primary amides is 1. The first kappa shape index (κ1) is 10.6. The average Bonchev–Trinajstić information content (AvgIpc) is 2.09. The van der Waals surface area contributed by atoms with Crippen LogP contribution in [0.5, 0.6) is 0 Å². The fraction of sp³-hybridized carbons (Fsp3) is 0.222. The minimum absolute atomic E-state index is 0.267. The van der Waals surface area contributed by atoms with E-state index in [1.807, 2.05) is 0 Å². The SMILES string of the molecule is Cc1c(F)cccc1C(F)(F)C(N)=O. The van der Waals surface area contributed by atoms with Crippen molar-refractivity contribution in [2.24, 2.45) is 5.73 Å². The van der Waals surface area contributed by atoms with Gasteiger partial charge in [0, 0.05) is 5.56 Å². The van der Waals surface area contributed by atoms with Crippen LogP contribution in [0.3, 0.4) is 0 Å². The number of hydrogen-bond donors (Lipinski definition) is 1. The third kappa shape index (κ3) is 1.57. The number of hydrogen-bond acceptors (Lipinski definition) is 1. The summed E-state index contributed by atoms with van der Waals surface area (Å²) in [5, 5.41) is 0. The van der Waals surface area contributed by atoms with Gasteiger partial charge in [0.05, 0.1) is 0 Å². The lowest BCUT2D eigenvalue weighted by atomic mass is 10.0. The zero-order chi connectivity index (χ0) is 10.9. The Hall–Kier alpha value is -1.52. The molecule has 0 aliphatic carbocycles. The van der Waals surface area contributed by atoms with Gasteiger partial charge in [-0.25, -0.2) is 4.39 Å². The minimum Gasteiger partial charge on any atom is -0.364 e. The molecule has 0 spiro atoms. The summed E-state index contributed by atoms with van der Waals surface area (Å²) in [6.45, 7) is 1.17. The molecule has 0 bridgehead atoms. The van der Waals surface area contributed by atoms with E-state index in [0.29, 0.717) is 0 Å². The van der Waals surface area contributed by atoms with Crippen molar-refractivity contribution in [2.45, 2.75) is 12.8 Å². The van der Waals surface area contributed by atoms with Crippen molar-refractivity contribution in [1.82, 2.24) is 0 Å². The zero-order valence-corrected chi connectivity index (χ0v) is 7.35. The molecular formula is C9H8F3NO. The van der Waals surface area contributed by atoms with Crippen LogP contribution in [0, 0.1) is 12.7 Å². The summed E-state index contributed by atoms with van der Waals surface area (Å²) in [6.07, 6.45) is 0. The molecule has 2 N–H and O–H groups in total. The van der Waals surface area contributed by atoms with Crippen LogP contribution in [0.25, 0.3) is 0 Å². The fourth-order valence-electron chi connectivity index (χ4n) is 1.08. The normalized spacial score (nSPS) is 11.4. The molecule has 1 aromatic rings. The second-order valence-corrected chi connectivity index (χ2v) is 2.85. The maximum Gasteiger partial charge on any atom is 0.349 e. The number of amides is 1. The summed E-state index contributed by atoms with van der Waals surface area (Å²) in [5.74, 6) is -6.40. The molecule has 0 aromatic heterocycles. The number of carbonyl (C=O) groups is 1. The first-order chi connectivity index (χ1) is 6.37. The van der Waals surface area contributed by atoms with Crippen molar-refractivity contribution in [2.75, 3.05) is 0 Å². The number of halogens is 3.